The summed E-state index contributed by atoms with van der Waals surface area (Å²) in [5.41, 5.74) is -0.314. The van der Waals surface area contributed by atoms with E-state index in [9.17, 15) is 4.79 Å². The second kappa shape index (κ2) is 12.1. The number of hydrogen-bond donors (Lipinski definition) is 2. The van der Waals surface area contributed by atoms with Crippen LogP contribution in [0, 0.1) is 5.41 Å². The largest absolute Gasteiger partial charge is 0.489 e. The molecule has 2 N–H and O–H groups in total. The Hall–Kier alpha value is -1.51. The number of amides is 1. The summed E-state index contributed by atoms with van der Waals surface area (Å²) in [4.78, 5) is 18.7. The standard InChI is InChI=1S/C21H34N4O2.HI/c1-5-17(27-18-11-7-6-8-12-18)15-23-20(22-2)24-16-21(13-9-10-14-21)19(26)25(3)4;/h6-8,11-12,17H,5,9-10,13-16H2,1-4H3,(H2,22,23,24);1H. The Kier molecular flexibility index (Phi) is 10.6. The quantitative estimate of drug-likeness (QED) is 0.326. The van der Waals surface area contributed by atoms with E-state index in [1.807, 2.05) is 44.4 Å². The van der Waals surface area contributed by atoms with E-state index in [2.05, 4.69) is 22.5 Å². The van der Waals surface area contributed by atoms with Gasteiger partial charge in [-0.2, -0.15) is 0 Å². The third-order valence-electron chi connectivity index (χ3n) is 5.24. The van der Waals surface area contributed by atoms with E-state index in [0.29, 0.717) is 19.0 Å². The number of nitrogens with zero attached hydrogens (tertiary/aromatic N) is 2. The van der Waals surface area contributed by atoms with Gasteiger partial charge in [0.15, 0.2) is 5.96 Å². The summed E-state index contributed by atoms with van der Waals surface area (Å²) >= 11 is 0. The van der Waals surface area contributed by atoms with Crippen molar-refractivity contribution in [3.63, 3.8) is 0 Å². The molecule has 0 aliphatic heterocycles. The van der Waals surface area contributed by atoms with Crippen LogP contribution in [0.5, 0.6) is 5.75 Å². The lowest BCUT2D eigenvalue weighted by molar-refractivity contribution is -0.138. The zero-order valence-electron chi connectivity index (χ0n) is 17.5. The summed E-state index contributed by atoms with van der Waals surface area (Å²) < 4.78 is 6.02. The first-order valence-corrected chi connectivity index (χ1v) is 9.88. The number of nitrogens with one attached hydrogen (secondary N) is 2. The third kappa shape index (κ3) is 6.83. The topological polar surface area (TPSA) is 66.0 Å². The fraction of sp³-hybridized carbons (Fsp3) is 0.619. The zero-order valence-corrected chi connectivity index (χ0v) is 19.9. The molecule has 1 aliphatic carbocycles. The predicted octanol–water partition coefficient (Wildman–Crippen LogP) is 3.28. The molecule has 0 saturated heterocycles. The highest BCUT2D eigenvalue weighted by Crippen LogP contribution is 2.38. The van der Waals surface area contributed by atoms with Crippen LogP contribution < -0.4 is 15.4 Å². The summed E-state index contributed by atoms with van der Waals surface area (Å²) in [6.07, 6.45) is 5.02. The van der Waals surface area contributed by atoms with Crippen LogP contribution in [-0.2, 0) is 4.79 Å². The van der Waals surface area contributed by atoms with E-state index in [0.717, 1.165) is 37.9 Å². The van der Waals surface area contributed by atoms with Crippen LogP contribution in [0.4, 0.5) is 0 Å². The molecule has 1 aromatic rings. The molecular weight excluding hydrogens is 467 g/mol. The van der Waals surface area contributed by atoms with Gasteiger partial charge in [-0.05, 0) is 31.4 Å². The molecule has 7 heteroatoms. The van der Waals surface area contributed by atoms with Crippen molar-refractivity contribution in [2.45, 2.75) is 45.1 Å². The van der Waals surface area contributed by atoms with Gasteiger partial charge in [0.05, 0.1) is 12.0 Å². The van der Waals surface area contributed by atoms with Crippen LogP contribution >= 0.6 is 24.0 Å². The van der Waals surface area contributed by atoms with Crippen LogP contribution in [0.1, 0.15) is 39.0 Å². The van der Waals surface area contributed by atoms with Crippen LogP contribution in [0.3, 0.4) is 0 Å². The first-order chi connectivity index (χ1) is 13.0. The van der Waals surface area contributed by atoms with Gasteiger partial charge >= 0.3 is 0 Å². The molecule has 0 radical (unpaired) electrons. The van der Waals surface area contributed by atoms with Gasteiger partial charge in [-0.3, -0.25) is 9.79 Å². The lowest BCUT2D eigenvalue weighted by Crippen LogP contribution is -2.50. The Balaban J connectivity index is 0.00000392. The summed E-state index contributed by atoms with van der Waals surface area (Å²) in [6, 6.07) is 9.85. The number of hydrogen-bond acceptors (Lipinski definition) is 3. The van der Waals surface area contributed by atoms with Crippen molar-refractivity contribution in [2.75, 3.05) is 34.2 Å². The van der Waals surface area contributed by atoms with E-state index in [-0.39, 0.29) is 41.4 Å². The molecule has 0 spiro atoms. The number of rotatable bonds is 8. The first-order valence-electron chi connectivity index (χ1n) is 9.88. The summed E-state index contributed by atoms with van der Waals surface area (Å²) in [5.74, 6) is 1.79. The molecule has 1 aliphatic rings. The van der Waals surface area contributed by atoms with Gasteiger partial charge in [-0.25, -0.2) is 0 Å². The minimum absolute atomic E-state index is 0. The maximum Gasteiger partial charge on any atom is 0.230 e. The highest BCUT2D eigenvalue weighted by Gasteiger charge is 2.42. The highest BCUT2D eigenvalue weighted by molar-refractivity contribution is 14.0. The molecule has 0 bridgehead atoms. The normalized spacial score (nSPS) is 16.6. The van der Waals surface area contributed by atoms with Crippen molar-refractivity contribution in [2.24, 2.45) is 10.4 Å². The number of ether oxygens (including phenoxy) is 1. The van der Waals surface area contributed by atoms with E-state index in [1.165, 1.54) is 0 Å². The van der Waals surface area contributed by atoms with Crippen molar-refractivity contribution in [3.05, 3.63) is 30.3 Å². The smallest absolute Gasteiger partial charge is 0.230 e. The summed E-state index contributed by atoms with van der Waals surface area (Å²) in [5, 5.41) is 6.71. The van der Waals surface area contributed by atoms with Crippen molar-refractivity contribution in [3.8, 4) is 5.75 Å². The van der Waals surface area contributed by atoms with Gasteiger partial charge in [-0.15, -0.1) is 24.0 Å². The first kappa shape index (κ1) is 24.5. The second-order valence-corrected chi connectivity index (χ2v) is 7.45. The Morgan fingerprint density at radius 2 is 1.86 bits per heavy atom. The molecule has 0 heterocycles. The molecule has 28 heavy (non-hydrogen) atoms. The lowest BCUT2D eigenvalue weighted by atomic mass is 9.84. The monoisotopic (exact) mass is 502 g/mol. The van der Waals surface area contributed by atoms with E-state index >= 15 is 0 Å². The average molecular weight is 502 g/mol. The van der Waals surface area contributed by atoms with Crippen LogP contribution in [0.25, 0.3) is 0 Å². The SMILES string of the molecule is CCC(CNC(=NC)NCC1(C(=O)N(C)C)CCCC1)Oc1ccccc1.I. The number of para-hydroxylation sites is 1. The number of carbonyl (C=O) groups is 1. The van der Waals surface area contributed by atoms with E-state index < -0.39 is 0 Å². The van der Waals surface area contributed by atoms with Crippen LogP contribution in [0.15, 0.2) is 35.3 Å². The average Bonchev–Trinajstić information content (AvgIpc) is 3.17. The van der Waals surface area contributed by atoms with Crippen molar-refractivity contribution in [1.29, 1.82) is 0 Å². The van der Waals surface area contributed by atoms with E-state index in [1.54, 1.807) is 11.9 Å². The lowest BCUT2D eigenvalue weighted by Gasteiger charge is -2.31. The fourth-order valence-corrected chi connectivity index (χ4v) is 3.64. The molecule has 1 fully saturated rings. The van der Waals surface area contributed by atoms with Gasteiger partial charge in [0.25, 0.3) is 0 Å². The third-order valence-corrected chi connectivity index (χ3v) is 5.24. The zero-order chi connectivity index (χ0) is 19.7. The van der Waals surface area contributed by atoms with E-state index in [4.69, 9.17) is 4.74 Å². The molecule has 2 rings (SSSR count). The van der Waals surface area contributed by atoms with Gasteiger partial charge in [0.1, 0.15) is 11.9 Å². The molecule has 6 nitrogen and oxygen atoms in total. The number of guanidine groups is 1. The van der Waals surface area contributed by atoms with Crippen LogP contribution in [-0.4, -0.2) is 57.1 Å². The van der Waals surface area contributed by atoms with Gasteiger partial charge in [0.2, 0.25) is 5.91 Å². The maximum absolute atomic E-state index is 12.7. The second-order valence-electron chi connectivity index (χ2n) is 7.45. The van der Waals surface area contributed by atoms with Crippen molar-refractivity contribution >= 4 is 35.8 Å². The predicted molar refractivity (Wildman–Crippen MR) is 126 cm³/mol. The Morgan fingerprint density at radius 3 is 2.39 bits per heavy atom. The molecule has 1 unspecified atom stereocenters. The van der Waals surface area contributed by atoms with Crippen molar-refractivity contribution < 1.29 is 9.53 Å². The number of halogens is 1. The van der Waals surface area contributed by atoms with Crippen LogP contribution in [0.2, 0.25) is 0 Å². The fourth-order valence-electron chi connectivity index (χ4n) is 3.64. The molecule has 1 amide bonds. The number of aliphatic imine (C=N–C) groups is 1. The molecule has 158 valence electrons. The summed E-state index contributed by atoms with van der Waals surface area (Å²) in [7, 11) is 5.42. The maximum atomic E-state index is 12.7. The Bertz CT molecular complexity index is 616. The Morgan fingerprint density at radius 1 is 1.21 bits per heavy atom. The molecule has 1 aromatic carbocycles. The molecule has 1 saturated carbocycles. The molecule has 0 aromatic heterocycles. The molecular formula is C21H35IN4O2. The number of carbonyl (C=O) groups excluding carboxylic acids is 1. The minimum Gasteiger partial charge on any atom is -0.489 e. The minimum atomic E-state index is -0.314. The Labute approximate surface area is 186 Å². The van der Waals surface area contributed by atoms with Gasteiger partial charge < -0.3 is 20.3 Å². The number of benzene rings is 1. The van der Waals surface area contributed by atoms with Gasteiger partial charge in [0, 0.05) is 27.7 Å². The van der Waals surface area contributed by atoms with Gasteiger partial charge in [-0.1, -0.05) is 38.0 Å². The summed E-state index contributed by atoms with van der Waals surface area (Å²) in [6.45, 7) is 3.37. The van der Waals surface area contributed by atoms with Crippen molar-refractivity contribution in [1.82, 2.24) is 15.5 Å². The highest BCUT2D eigenvalue weighted by atomic mass is 127. The molecule has 1 atom stereocenters.